The SMILES string of the molecule is CC.CC.CC.CC.CC.CC(C)c1ccccc1.CC(C)c1ccccc1.COCC1CO1.COCC1CO1.[I][V]([I])[I].c1ccc(OCC2CO2)cc1.c1ccc(OCC2CO2)cc1.c1ccc(OCC2CO2)cc1. The summed E-state index contributed by atoms with van der Waals surface area (Å²) in [6, 6.07) is 50.4. The van der Waals surface area contributed by atoms with E-state index in [1.165, 1.54) is 11.1 Å². The van der Waals surface area contributed by atoms with Crippen molar-refractivity contribution in [3.63, 3.8) is 0 Å². The Morgan fingerprint density at radius 2 is 0.519 bits per heavy atom. The molecule has 5 unspecified atom stereocenters. The molecule has 14 heteroatoms. The molecule has 0 N–H and O–H groups in total. The maximum Gasteiger partial charge on any atom is 0.119 e. The van der Waals surface area contributed by atoms with Crippen molar-refractivity contribution in [2.24, 2.45) is 0 Å². The Morgan fingerprint density at radius 1 is 0.351 bits per heavy atom. The number of para-hydroxylation sites is 3. The first-order chi connectivity index (χ1) is 37.6. The molecule has 5 aliphatic heterocycles. The van der Waals surface area contributed by atoms with Crippen LogP contribution in [0.15, 0.2) is 152 Å². The second kappa shape index (κ2) is 58.6. The summed E-state index contributed by atoms with van der Waals surface area (Å²) in [7, 11) is 3.36. The minimum Gasteiger partial charge on any atom is -0.491 e. The molecule has 0 radical (unpaired) electrons. The van der Waals surface area contributed by atoms with E-state index in [0.29, 0.717) is 62.2 Å². The van der Waals surface area contributed by atoms with E-state index in [-0.39, 0.29) is 4.92 Å². The summed E-state index contributed by atoms with van der Waals surface area (Å²) in [4.78, 5) is -0.278. The van der Waals surface area contributed by atoms with Gasteiger partial charge in [-0.1, -0.05) is 212 Å². The molecule has 10 rings (SSSR count). The zero-order chi connectivity index (χ0) is 58.3. The van der Waals surface area contributed by atoms with Gasteiger partial charge in [-0.25, -0.2) is 0 Å². The molecule has 10 nitrogen and oxygen atoms in total. The second-order valence-corrected chi connectivity index (χ2v) is 51.3. The molecule has 0 aromatic heterocycles. The van der Waals surface area contributed by atoms with Gasteiger partial charge in [-0.3, -0.25) is 0 Å². The minimum atomic E-state index is -0.278. The predicted molar refractivity (Wildman–Crippen MR) is 348 cm³/mol. The molecule has 0 saturated carbocycles. The fourth-order valence-electron chi connectivity index (χ4n) is 4.99. The molecule has 438 valence electrons. The number of halogens is 3. The third kappa shape index (κ3) is 57.0. The van der Waals surface area contributed by atoms with Gasteiger partial charge < -0.3 is 47.4 Å². The average molecular weight is 1450 g/mol. The van der Waals surface area contributed by atoms with Gasteiger partial charge in [0.1, 0.15) is 67.6 Å². The van der Waals surface area contributed by atoms with Crippen molar-refractivity contribution in [2.45, 2.75) is 139 Å². The largest absolute Gasteiger partial charge is 0.491 e. The number of hydrogen-bond donors (Lipinski definition) is 0. The first-order valence-corrected chi connectivity index (χ1v) is 41.0. The monoisotopic (exact) mass is 1450 g/mol. The van der Waals surface area contributed by atoms with Crippen LogP contribution in [0.4, 0.5) is 0 Å². The van der Waals surface area contributed by atoms with Crippen LogP contribution in [0.3, 0.4) is 0 Å². The summed E-state index contributed by atoms with van der Waals surface area (Å²) < 4.78 is 50.4. The maximum atomic E-state index is 5.40. The molecule has 0 spiro atoms. The van der Waals surface area contributed by atoms with Crippen LogP contribution in [0.25, 0.3) is 0 Å². The molecule has 5 fully saturated rings. The van der Waals surface area contributed by atoms with Crippen molar-refractivity contribution < 1.29 is 52.3 Å². The first-order valence-electron chi connectivity index (χ1n) is 27.5. The summed E-state index contributed by atoms with van der Waals surface area (Å²) in [5.41, 5.74) is 2.83. The van der Waals surface area contributed by atoms with Gasteiger partial charge in [-0.2, -0.15) is 0 Å². The Balaban J connectivity index is -0.000000804. The van der Waals surface area contributed by atoms with Crippen molar-refractivity contribution in [2.75, 3.05) is 80.3 Å². The van der Waals surface area contributed by atoms with E-state index < -0.39 is 0 Å². The molecule has 77 heavy (non-hydrogen) atoms. The van der Waals surface area contributed by atoms with E-state index in [0.717, 1.165) is 63.5 Å². The summed E-state index contributed by atoms with van der Waals surface area (Å²) in [6.45, 7) is 36.8. The van der Waals surface area contributed by atoms with Gasteiger partial charge in [-0.15, -0.1) is 0 Å². The quantitative estimate of drug-likeness (QED) is 0.0742. The van der Waals surface area contributed by atoms with E-state index in [9.17, 15) is 0 Å². The molecule has 5 aromatic rings. The van der Waals surface area contributed by atoms with Gasteiger partial charge in [0.15, 0.2) is 0 Å². The van der Waals surface area contributed by atoms with Gasteiger partial charge in [0.2, 0.25) is 0 Å². The maximum absolute atomic E-state index is 5.40. The number of hydrogen-bond acceptors (Lipinski definition) is 10. The fourth-order valence-corrected chi connectivity index (χ4v) is 4.99. The predicted octanol–water partition coefficient (Wildman–Crippen LogP) is 17.9. The number of epoxide rings is 5. The summed E-state index contributed by atoms with van der Waals surface area (Å²) in [5.74, 6) is 4.08. The van der Waals surface area contributed by atoms with Crippen molar-refractivity contribution in [3.05, 3.63) is 163 Å². The van der Waals surface area contributed by atoms with Crippen molar-refractivity contribution in [1.82, 2.24) is 0 Å². The van der Waals surface area contributed by atoms with Gasteiger partial charge in [-0.05, 0) is 59.4 Å². The number of benzene rings is 5. The van der Waals surface area contributed by atoms with Crippen LogP contribution in [-0.4, -0.2) is 111 Å². The molecule has 0 amide bonds. The molecule has 0 bridgehead atoms. The van der Waals surface area contributed by atoms with Gasteiger partial charge in [0.25, 0.3) is 0 Å². The first kappa shape index (κ1) is 79.2. The van der Waals surface area contributed by atoms with Crippen LogP contribution in [0, 0.1) is 0 Å². The second-order valence-electron chi connectivity index (χ2n) is 15.9. The molecular formula is C63H100I3O10V. The average Bonchev–Trinajstić information content (AvgIpc) is 4.26. The van der Waals surface area contributed by atoms with Crippen LogP contribution in [-0.2, 0) is 38.1 Å². The third-order valence-corrected chi connectivity index (χ3v) is 9.19. The Morgan fingerprint density at radius 3 is 0.649 bits per heavy atom. The Labute approximate surface area is 507 Å². The van der Waals surface area contributed by atoms with Crippen molar-refractivity contribution in [1.29, 1.82) is 0 Å². The number of ether oxygens (including phenoxy) is 10. The fraction of sp³-hybridized carbons (Fsp3) is 0.524. The van der Waals surface area contributed by atoms with Crippen LogP contribution in [0.5, 0.6) is 17.2 Å². The van der Waals surface area contributed by atoms with Gasteiger partial charge >= 0.3 is 64.9 Å². The van der Waals surface area contributed by atoms with E-state index in [4.69, 9.17) is 47.4 Å². The van der Waals surface area contributed by atoms with E-state index in [1.54, 1.807) is 14.2 Å². The standard InChI is InChI=1S/3C9H10O2.2C9H12.2C4H8O2.5C2H6.3HI.V/c3*1-2-4-8(5-3-1)10-6-9-7-11-9;2*1-8(2)9-6-4-3-5-7-9;2*1-5-2-4-3-6-4;5*1-2;;;;/h3*1-5,9H,6-7H2;2*3-8H,1-2H3;2*4H,2-3H2,1H3;5*1-2H3;3*1H;/q;;;;;;;;;;;;;;;+3/p-3. The Hall–Kier alpha value is -2.01. The third-order valence-electron chi connectivity index (χ3n) is 9.19. The molecule has 0 aliphatic carbocycles. The van der Waals surface area contributed by atoms with Crippen molar-refractivity contribution >= 4 is 59.9 Å². The van der Waals surface area contributed by atoms with E-state index >= 15 is 0 Å². The Kier molecular flexibility index (Phi) is 60.3. The summed E-state index contributed by atoms with van der Waals surface area (Å²) in [6.07, 6.45) is 1.88. The molecule has 5 aromatic carbocycles. The zero-order valence-corrected chi connectivity index (χ0v) is 57.6. The summed E-state index contributed by atoms with van der Waals surface area (Å²) >= 11 is 7.39. The topological polar surface area (TPSA) is 109 Å². The van der Waals surface area contributed by atoms with Crippen molar-refractivity contribution in [3.8, 4) is 17.2 Å². The van der Waals surface area contributed by atoms with Crippen LogP contribution < -0.4 is 14.2 Å². The van der Waals surface area contributed by atoms with Crippen LogP contribution >= 0.6 is 59.9 Å². The minimum absolute atomic E-state index is 0.278. The molecule has 5 atom stereocenters. The Bertz CT molecular complexity index is 1670. The van der Waals surface area contributed by atoms with E-state index in [2.05, 4.69) is 136 Å². The zero-order valence-electron chi connectivity index (χ0n) is 49.7. The smallest absolute Gasteiger partial charge is 0.119 e. The van der Waals surface area contributed by atoms with Gasteiger partial charge in [0, 0.05) is 14.2 Å². The van der Waals surface area contributed by atoms with Crippen LogP contribution in [0.2, 0.25) is 0 Å². The number of methoxy groups -OCH3 is 2. The van der Waals surface area contributed by atoms with Crippen LogP contribution in [0.1, 0.15) is 120 Å². The number of rotatable bonds is 15. The molecule has 5 aliphatic rings. The molecule has 5 saturated heterocycles. The molecular weight excluding hydrogens is 1350 g/mol. The van der Waals surface area contributed by atoms with E-state index in [1.807, 2.05) is 172 Å². The molecule has 5 heterocycles. The summed E-state index contributed by atoms with van der Waals surface area (Å²) in [5, 5.41) is 0. The normalized spacial score (nSPS) is 17.1. The van der Waals surface area contributed by atoms with Gasteiger partial charge in [0.05, 0.1) is 46.2 Å².